The Kier molecular flexibility index (Phi) is 5.29. The van der Waals surface area contributed by atoms with E-state index in [2.05, 4.69) is 0 Å². The lowest BCUT2D eigenvalue weighted by Gasteiger charge is -2.42. The van der Waals surface area contributed by atoms with Gasteiger partial charge in [0.15, 0.2) is 0 Å². The van der Waals surface area contributed by atoms with Crippen LogP contribution < -0.4 is 10.5 Å². The van der Waals surface area contributed by atoms with Gasteiger partial charge in [0, 0.05) is 64.3 Å². The molecule has 2 rings (SSSR count). The van der Waals surface area contributed by atoms with Crippen LogP contribution in [0.25, 0.3) is 0 Å². The molecule has 1 aliphatic rings. The largest absolute Gasteiger partial charge is 0.478 e. The molecule has 0 spiro atoms. The summed E-state index contributed by atoms with van der Waals surface area (Å²) in [5, 5.41) is 9.69. The maximum Gasteiger partial charge on any atom is 0.339 e. The van der Waals surface area contributed by atoms with E-state index in [4.69, 9.17) is 40.5 Å². The summed E-state index contributed by atoms with van der Waals surface area (Å²) < 4.78 is 131. The highest BCUT2D eigenvalue weighted by Gasteiger charge is 2.45. The number of carboxylic acids is 1. The van der Waals surface area contributed by atoms with E-state index in [-0.39, 0.29) is 5.69 Å². The van der Waals surface area contributed by atoms with Gasteiger partial charge in [-0.05, 0) is 37.3 Å². The maximum absolute atomic E-state index is 13.2. The van der Waals surface area contributed by atoms with Gasteiger partial charge in [0.1, 0.15) is 29.0 Å². The van der Waals surface area contributed by atoms with Crippen LogP contribution >= 0.6 is 0 Å². The molecule has 0 radical (unpaired) electrons. The topological polar surface area (TPSA) is 142 Å². The third-order valence-electron chi connectivity index (χ3n) is 5.21. The van der Waals surface area contributed by atoms with Crippen LogP contribution in [0.15, 0.2) is 18.2 Å². The Morgan fingerprint density at radius 2 is 1.74 bits per heavy atom. The summed E-state index contributed by atoms with van der Waals surface area (Å²) in [6.07, 6.45) is -18.2. The molecule has 4 atom stereocenters. The number of rotatable bonds is 14. The second-order valence-corrected chi connectivity index (χ2v) is 7.80. The second kappa shape index (κ2) is 13.8. The first-order valence-corrected chi connectivity index (χ1v) is 10.5. The Hall–Kier alpha value is -2.94. The molecule has 3 N–H and O–H groups in total. The number of ketones is 2. The zero-order chi connectivity index (χ0) is 38.8. The van der Waals surface area contributed by atoms with E-state index >= 15 is 0 Å². The van der Waals surface area contributed by atoms with E-state index in [1.807, 2.05) is 0 Å². The number of Topliss-reactive ketones (excluding diaryl/α,β-unsaturated/α-hetero) is 2. The van der Waals surface area contributed by atoms with Crippen molar-refractivity contribution in [2.45, 2.75) is 84.2 Å². The van der Waals surface area contributed by atoms with Gasteiger partial charge in [0.25, 0.3) is 0 Å². The molecule has 0 saturated carbocycles. The average Bonchev–Trinajstić information content (AvgIpc) is 2.89. The Morgan fingerprint density at radius 3 is 2.40 bits per heavy atom. The SMILES string of the molecule is [2H]C([2H])([2H])C([2H])([2H])CC(=O)C[C@@H]1CO[C@@H](Oc2ccc(N)cc2C(=O)O)[C@H](CC(=O)CC([2H])([2H])C([2H])([2H])[2H])[C@H]1OC(=O)CC([2H])([2H])C([2H])([2H])[2H]. The average molecular weight is 507 g/mol. The van der Waals surface area contributed by atoms with Crippen LogP contribution in [0.2, 0.25) is 0 Å². The summed E-state index contributed by atoms with van der Waals surface area (Å²) in [6.45, 7) is -10.4. The lowest BCUT2D eigenvalue weighted by molar-refractivity contribution is -0.217. The molecule has 0 aromatic heterocycles. The number of hydrogen-bond donors (Lipinski definition) is 2. The number of ether oxygens (including phenoxy) is 3. The molecule has 194 valence electrons. The zero-order valence-electron chi connectivity index (χ0n) is 33.7. The number of carboxylic acid groups (broad SMARTS) is 1. The number of hydrogen-bond acceptors (Lipinski definition) is 8. The normalized spacial score (nSPS) is 30.5. The number of nitrogen functional groups attached to an aromatic ring is 1. The molecule has 1 aliphatic heterocycles. The number of aromatic carboxylic acids is 1. The third kappa shape index (κ3) is 8.35. The van der Waals surface area contributed by atoms with Crippen LogP contribution in [0.3, 0.4) is 0 Å². The van der Waals surface area contributed by atoms with Gasteiger partial charge in [-0.1, -0.05) is 20.6 Å². The minimum absolute atomic E-state index is 0.00349. The summed E-state index contributed by atoms with van der Waals surface area (Å²) >= 11 is 0. The van der Waals surface area contributed by atoms with E-state index in [9.17, 15) is 24.3 Å². The molecular formula is C26H37NO8. The predicted molar refractivity (Wildman–Crippen MR) is 129 cm³/mol. The number of carbonyl (C=O) groups is 4. The molecular weight excluding hydrogens is 454 g/mol. The molecule has 35 heavy (non-hydrogen) atoms. The molecule has 1 saturated heterocycles. The maximum atomic E-state index is 13.2. The fraction of sp³-hybridized carbons (Fsp3) is 0.615. The summed E-state index contributed by atoms with van der Waals surface area (Å²) in [6, 6.07) is 3.37. The highest BCUT2D eigenvalue weighted by molar-refractivity contribution is 5.92. The van der Waals surface area contributed by atoms with Crippen molar-refractivity contribution in [3.63, 3.8) is 0 Å². The van der Waals surface area contributed by atoms with Crippen LogP contribution in [0, 0.1) is 11.8 Å². The summed E-state index contributed by atoms with van der Waals surface area (Å²) in [5.41, 5.74) is 5.18. The number of esters is 1. The Morgan fingerprint density at radius 1 is 1.09 bits per heavy atom. The van der Waals surface area contributed by atoms with E-state index in [0.717, 1.165) is 12.1 Å². The summed E-state index contributed by atoms with van der Waals surface area (Å²) in [5.74, 6) is -8.54. The van der Waals surface area contributed by atoms with Crippen molar-refractivity contribution in [1.82, 2.24) is 0 Å². The van der Waals surface area contributed by atoms with Crippen LogP contribution in [-0.4, -0.2) is 47.6 Å². The molecule has 0 amide bonds. The minimum Gasteiger partial charge on any atom is -0.478 e. The quantitative estimate of drug-likeness (QED) is 0.281. The molecule has 9 heteroatoms. The van der Waals surface area contributed by atoms with E-state index < -0.39 is 137 Å². The van der Waals surface area contributed by atoms with Gasteiger partial charge in [-0.3, -0.25) is 14.4 Å². The highest BCUT2D eigenvalue weighted by atomic mass is 16.7. The summed E-state index contributed by atoms with van der Waals surface area (Å²) in [4.78, 5) is 51.3. The van der Waals surface area contributed by atoms with Crippen molar-refractivity contribution in [1.29, 1.82) is 0 Å². The van der Waals surface area contributed by atoms with Gasteiger partial charge >= 0.3 is 11.9 Å². The molecule has 1 heterocycles. The van der Waals surface area contributed by atoms with Crippen molar-refractivity contribution in [2.75, 3.05) is 12.3 Å². The van der Waals surface area contributed by atoms with E-state index in [1.165, 1.54) is 6.07 Å². The van der Waals surface area contributed by atoms with Crippen LogP contribution in [0.1, 0.15) is 103 Å². The third-order valence-corrected chi connectivity index (χ3v) is 5.21. The number of benzene rings is 1. The van der Waals surface area contributed by atoms with Crippen molar-refractivity contribution in [2.24, 2.45) is 11.8 Å². The van der Waals surface area contributed by atoms with Crippen molar-refractivity contribution >= 4 is 29.2 Å². The van der Waals surface area contributed by atoms with Gasteiger partial charge in [0.2, 0.25) is 6.29 Å². The summed E-state index contributed by atoms with van der Waals surface area (Å²) in [7, 11) is 0. The Labute approximate surface area is 227 Å². The van der Waals surface area contributed by atoms with Crippen molar-refractivity contribution in [3.05, 3.63) is 23.8 Å². The fourth-order valence-corrected chi connectivity index (χ4v) is 3.74. The van der Waals surface area contributed by atoms with Crippen LogP contribution in [0.4, 0.5) is 5.69 Å². The number of anilines is 1. The molecule has 0 bridgehead atoms. The molecule has 1 aromatic rings. The number of carbonyl (C=O) groups excluding carboxylic acids is 3. The van der Waals surface area contributed by atoms with E-state index in [0.29, 0.717) is 0 Å². The Bertz CT molecular complexity index is 1430. The first-order valence-electron chi connectivity index (χ1n) is 18.0. The van der Waals surface area contributed by atoms with Crippen LogP contribution in [0.5, 0.6) is 5.75 Å². The first-order chi connectivity index (χ1) is 22.4. The van der Waals surface area contributed by atoms with Gasteiger partial charge in [-0.25, -0.2) is 4.79 Å². The molecule has 0 unspecified atom stereocenters. The van der Waals surface area contributed by atoms with Gasteiger partial charge in [-0.15, -0.1) is 0 Å². The lowest BCUT2D eigenvalue weighted by atomic mass is 9.81. The smallest absolute Gasteiger partial charge is 0.339 e. The second-order valence-electron chi connectivity index (χ2n) is 7.80. The number of nitrogens with two attached hydrogens (primary N) is 1. The monoisotopic (exact) mass is 506 g/mol. The predicted octanol–water partition coefficient (Wildman–Crippen LogP) is 4.17. The zero-order valence-corrected chi connectivity index (χ0v) is 18.7. The van der Waals surface area contributed by atoms with E-state index in [1.54, 1.807) is 0 Å². The molecule has 0 aliphatic carbocycles. The molecule has 9 nitrogen and oxygen atoms in total. The molecule has 1 aromatic carbocycles. The highest BCUT2D eigenvalue weighted by Crippen LogP contribution is 2.36. The first kappa shape index (κ1) is 13.4. The Balaban J connectivity index is 2.64. The molecule has 1 fully saturated rings. The van der Waals surface area contributed by atoms with Gasteiger partial charge < -0.3 is 25.1 Å². The standard InChI is InChI=1S/C26H37NO8/c1-4-7-18(28)12-16-15-33-26(34-22-11-10-17(27)13-20(22)25(31)32)21(14-19(29)8-5-2)24(16)35-23(30)9-6-3/h10-11,13,16,21,24,26H,4-9,12,14-15,27H2,1-3H3,(H,31,32)/t16-,21-,24+,26+/m1/s1/i1D3,2D3,3D3,4D2,5D2,6D2. The lowest BCUT2D eigenvalue weighted by Crippen LogP contribution is -2.51. The van der Waals surface area contributed by atoms with Crippen LogP contribution in [-0.2, 0) is 23.9 Å². The van der Waals surface area contributed by atoms with Crippen molar-refractivity contribution < 1.29 is 59.1 Å². The van der Waals surface area contributed by atoms with Crippen molar-refractivity contribution in [3.8, 4) is 5.75 Å². The van der Waals surface area contributed by atoms with Gasteiger partial charge in [-0.2, -0.15) is 0 Å². The van der Waals surface area contributed by atoms with Gasteiger partial charge in [0.05, 0.1) is 12.5 Å². The fourth-order valence-electron chi connectivity index (χ4n) is 3.74. The minimum atomic E-state index is -3.32.